The molecule has 3 rings (SSSR count). The predicted molar refractivity (Wildman–Crippen MR) is 89.0 cm³/mol. The molecule has 0 N–H and O–H groups in total. The summed E-state index contributed by atoms with van der Waals surface area (Å²) in [4.78, 5) is 26.0. The zero-order chi connectivity index (χ0) is 16.3. The number of hydrogen-bond acceptors (Lipinski definition) is 3. The molecule has 2 aliphatic heterocycles. The predicted octanol–water partition coefficient (Wildman–Crippen LogP) is 2.27. The van der Waals surface area contributed by atoms with Gasteiger partial charge >= 0.3 is 0 Å². The van der Waals surface area contributed by atoms with Crippen LogP contribution in [0.5, 0.6) is 0 Å². The molecule has 1 aliphatic carbocycles. The van der Waals surface area contributed by atoms with Crippen LogP contribution in [-0.4, -0.2) is 60.3 Å². The summed E-state index contributed by atoms with van der Waals surface area (Å²) in [6.07, 6.45) is 2.08. The van der Waals surface area contributed by atoms with E-state index in [2.05, 4.69) is 38.3 Å². The van der Waals surface area contributed by atoms with Gasteiger partial charge in [0, 0.05) is 32.6 Å². The number of morpholine rings is 1. The van der Waals surface area contributed by atoms with E-state index in [-0.39, 0.29) is 10.7 Å². The van der Waals surface area contributed by atoms with Crippen LogP contribution in [0.15, 0.2) is 0 Å². The Balaban J connectivity index is 0.000000172. The molecule has 5 nitrogen and oxygen atoms in total. The van der Waals surface area contributed by atoms with E-state index in [9.17, 15) is 9.59 Å². The summed E-state index contributed by atoms with van der Waals surface area (Å²) < 4.78 is 5.02. The number of ether oxygens (including phenoxy) is 1. The van der Waals surface area contributed by atoms with Crippen LogP contribution in [0, 0.1) is 17.3 Å². The third-order valence-electron chi connectivity index (χ3n) is 4.29. The third kappa shape index (κ3) is 5.47. The van der Waals surface area contributed by atoms with Gasteiger partial charge in [-0.3, -0.25) is 9.59 Å². The minimum absolute atomic E-state index is 0.143. The zero-order valence-electron chi connectivity index (χ0n) is 13.9. The summed E-state index contributed by atoms with van der Waals surface area (Å²) in [7, 11) is 0. The molecular formula is C16H28N2O3S. The van der Waals surface area contributed by atoms with Gasteiger partial charge in [0.1, 0.15) is 0 Å². The average molecular weight is 328 g/mol. The molecule has 0 aromatic carbocycles. The zero-order valence-corrected chi connectivity index (χ0v) is 14.8. The second kappa shape index (κ2) is 7.21. The highest BCUT2D eigenvalue weighted by Crippen LogP contribution is 2.45. The lowest BCUT2D eigenvalue weighted by atomic mass is 9.91. The summed E-state index contributed by atoms with van der Waals surface area (Å²) in [5.74, 6) is 2.09. The fourth-order valence-corrected chi connectivity index (χ4v) is 3.12. The minimum atomic E-state index is -0.154. The quantitative estimate of drug-likeness (QED) is 0.751. The Morgan fingerprint density at radius 1 is 1.09 bits per heavy atom. The van der Waals surface area contributed by atoms with E-state index in [1.54, 1.807) is 4.90 Å². The van der Waals surface area contributed by atoms with Gasteiger partial charge in [-0.2, -0.15) is 0 Å². The molecule has 2 atom stereocenters. The lowest BCUT2D eigenvalue weighted by molar-refractivity contribution is -0.132. The van der Waals surface area contributed by atoms with E-state index in [0.29, 0.717) is 38.6 Å². The second-order valence-corrected chi connectivity index (χ2v) is 8.06. The first kappa shape index (κ1) is 17.6. The van der Waals surface area contributed by atoms with Crippen molar-refractivity contribution >= 4 is 23.8 Å². The Bertz CT molecular complexity index is 406. The van der Waals surface area contributed by atoms with Gasteiger partial charge in [-0.05, 0) is 23.7 Å². The van der Waals surface area contributed by atoms with Gasteiger partial charge in [0.05, 0.1) is 13.2 Å². The van der Waals surface area contributed by atoms with Crippen LogP contribution in [0.3, 0.4) is 0 Å². The molecule has 3 aliphatic rings. The van der Waals surface area contributed by atoms with E-state index in [1.807, 2.05) is 0 Å². The molecule has 0 spiro atoms. The topological polar surface area (TPSA) is 49.9 Å². The molecular weight excluding hydrogens is 300 g/mol. The van der Waals surface area contributed by atoms with E-state index in [0.717, 1.165) is 24.9 Å². The van der Waals surface area contributed by atoms with Crippen molar-refractivity contribution in [2.24, 2.45) is 17.3 Å². The van der Waals surface area contributed by atoms with Crippen molar-refractivity contribution in [2.45, 2.75) is 33.6 Å². The minimum Gasteiger partial charge on any atom is -0.378 e. The monoisotopic (exact) mass is 328 g/mol. The van der Waals surface area contributed by atoms with Crippen molar-refractivity contribution in [3.05, 3.63) is 0 Å². The molecule has 0 aromatic heterocycles. The maximum atomic E-state index is 11.8. The molecule has 3 fully saturated rings. The number of piperidine rings is 1. The van der Waals surface area contributed by atoms with E-state index in [1.165, 1.54) is 6.42 Å². The SMILES string of the molecule is CC(C)(C)CC(=O)N1CC2CC2C1.O=C(S)N1CCOCC1. The Morgan fingerprint density at radius 2 is 1.64 bits per heavy atom. The largest absolute Gasteiger partial charge is 0.378 e. The normalized spacial score (nSPS) is 26.9. The molecule has 6 heteroatoms. The Labute approximate surface area is 138 Å². The first-order valence-corrected chi connectivity index (χ1v) is 8.54. The van der Waals surface area contributed by atoms with E-state index in [4.69, 9.17) is 4.74 Å². The van der Waals surface area contributed by atoms with Gasteiger partial charge in [-0.15, -0.1) is 0 Å². The summed E-state index contributed by atoms with van der Waals surface area (Å²) in [5, 5.41) is -0.154. The van der Waals surface area contributed by atoms with Gasteiger partial charge in [-0.1, -0.05) is 33.4 Å². The summed E-state index contributed by atoms with van der Waals surface area (Å²) in [6, 6.07) is 0. The van der Waals surface area contributed by atoms with Crippen LogP contribution in [0.25, 0.3) is 0 Å². The number of carbonyl (C=O) groups excluding carboxylic acids is 2. The summed E-state index contributed by atoms with van der Waals surface area (Å²) in [6.45, 7) is 11.1. The van der Waals surface area contributed by atoms with E-state index < -0.39 is 0 Å². The highest BCUT2D eigenvalue weighted by Gasteiger charge is 2.46. The standard InChI is InChI=1S/C11H19NO.C5H9NO2S/c1-11(2,3)5-10(13)12-6-8-4-9(8)7-12;7-5(9)6-1-3-8-4-2-6/h8-9H,4-7H2,1-3H3;1-4H2,(H,7,9). The summed E-state index contributed by atoms with van der Waals surface area (Å²) >= 11 is 3.67. The molecule has 126 valence electrons. The smallest absolute Gasteiger partial charge is 0.278 e. The second-order valence-electron chi connectivity index (χ2n) is 7.67. The molecule has 0 bridgehead atoms. The van der Waals surface area contributed by atoms with Gasteiger partial charge in [0.25, 0.3) is 5.24 Å². The van der Waals surface area contributed by atoms with Gasteiger partial charge in [0.15, 0.2) is 0 Å². The number of rotatable bonds is 1. The number of likely N-dealkylation sites (tertiary alicyclic amines) is 1. The van der Waals surface area contributed by atoms with Crippen molar-refractivity contribution in [1.29, 1.82) is 0 Å². The Kier molecular flexibility index (Phi) is 5.77. The lowest BCUT2D eigenvalue weighted by Gasteiger charge is -2.24. The Morgan fingerprint density at radius 3 is 2.05 bits per heavy atom. The molecule has 0 aromatic rings. The molecule has 2 saturated heterocycles. The van der Waals surface area contributed by atoms with E-state index >= 15 is 0 Å². The summed E-state index contributed by atoms with van der Waals surface area (Å²) in [5.41, 5.74) is 0.143. The number of thiol groups is 1. The molecule has 1 saturated carbocycles. The number of carbonyl (C=O) groups is 2. The van der Waals surface area contributed by atoms with Crippen LogP contribution in [0.4, 0.5) is 4.79 Å². The molecule has 0 radical (unpaired) electrons. The molecule has 2 amide bonds. The maximum Gasteiger partial charge on any atom is 0.278 e. The van der Waals surface area contributed by atoms with Crippen LogP contribution >= 0.6 is 12.6 Å². The van der Waals surface area contributed by atoms with Crippen LogP contribution in [-0.2, 0) is 9.53 Å². The average Bonchev–Trinajstić information content (AvgIpc) is 3.05. The van der Waals surface area contributed by atoms with Crippen LogP contribution in [0.1, 0.15) is 33.6 Å². The van der Waals surface area contributed by atoms with Crippen molar-refractivity contribution in [3.63, 3.8) is 0 Å². The molecule has 2 unspecified atom stereocenters. The number of nitrogens with zero attached hydrogens (tertiary/aromatic N) is 2. The van der Waals surface area contributed by atoms with Crippen molar-refractivity contribution < 1.29 is 14.3 Å². The van der Waals surface area contributed by atoms with Gasteiger partial charge < -0.3 is 14.5 Å². The van der Waals surface area contributed by atoms with Crippen LogP contribution in [0.2, 0.25) is 0 Å². The van der Waals surface area contributed by atoms with Crippen molar-refractivity contribution in [1.82, 2.24) is 9.80 Å². The molecule has 22 heavy (non-hydrogen) atoms. The number of fused-ring (bicyclic) bond motifs is 1. The third-order valence-corrected chi connectivity index (χ3v) is 4.58. The maximum absolute atomic E-state index is 11.8. The first-order chi connectivity index (χ1) is 10.3. The highest BCUT2D eigenvalue weighted by atomic mass is 32.1. The fourth-order valence-electron chi connectivity index (χ4n) is 2.92. The lowest BCUT2D eigenvalue weighted by Crippen LogP contribution is -2.37. The van der Waals surface area contributed by atoms with Gasteiger partial charge in [-0.25, -0.2) is 0 Å². The fraction of sp³-hybridized carbons (Fsp3) is 0.875. The Hall–Kier alpha value is -0.750. The first-order valence-electron chi connectivity index (χ1n) is 8.09. The number of hydrogen-bond donors (Lipinski definition) is 1. The van der Waals surface area contributed by atoms with Gasteiger partial charge in [0.2, 0.25) is 5.91 Å². The van der Waals surface area contributed by atoms with Crippen LogP contribution < -0.4 is 0 Å². The molecule has 2 heterocycles. The number of amides is 2. The highest BCUT2D eigenvalue weighted by molar-refractivity contribution is 7.96. The van der Waals surface area contributed by atoms with Crippen molar-refractivity contribution in [3.8, 4) is 0 Å². The van der Waals surface area contributed by atoms with Crippen molar-refractivity contribution in [2.75, 3.05) is 39.4 Å².